The average Bonchev–Trinajstić information content (AvgIpc) is 3.20. The summed E-state index contributed by atoms with van der Waals surface area (Å²) in [4.78, 5) is 23.6. The Hall–Kier alpha value is -2.96. The molecule has 1 atom stereocenters. The molecule has 0 aromatic carbocycles. The summed E-state index contributed by atoms with van der Waals surface area (Å²) >= 11 is 0. The Kier molecular flexibility index (Phi) is 4.22. The van der Waals surface area contributed by atoms with Crippen LogP contribution in [-0.4, -0.2) is 39.0 Å². The van der Waals surface area contributed by atoms with Crippen molar-refractivity contribution in [1.82, 2.24) is 20.0 Å². The van der Waals surface area contributed by atoms with Gasteiger partial charge in [-0.15, -0.1) is 0 Å². The summed E-state index contributed by atoms with van der Waals surface area (Å²) in [5.74, 6) is 2.18. The molecule has 7 heteroatoms. The van der Waals surface area contributed by atoms with Gasteiger partial charge >= 0.3 is 0 Å². The van der Waals surface area contributed by atoms with Gasteiger partial charge in [0.05, 0.1) is 17.2 Å². The predicted molar refractivity (Wildman–Crippen MR) is 100 cm³/mol. The normalized spacial score (nSPS) is 22.4. The van der Waals surface area contributed by atoms with Crippen LogP contribution in [0.25, 0.3) is 11.5 Å². The fourth-order valence-corrected chi connectivity index (χ4v) is 4.22. The molecule has 1 saturated heterocycles. The van der Waals surface area contributed by atoms with Gasteiger partial charge in [0.2, 0.25) is 0 Å². The number of carbonyl (C=O) groups is 1. The number of furan rings is 1. The first-order valence-corrected chi connectivity index (χ1v) is 9.81. The van der Waals surface area contributed by atoms with E-state index in [1.165, 1.54) is 19.1 Å². The molecule has 3 aromatic heterocycles. The number of piperidine rings is 1. The van der Waals surface area contributed by atoms with Crippen molar-refractivity contribution in [1.29, 1.82) is 0 Å². The fourth-order valence-electron chi connectivity index (χ4n) is 4.22. The third-order valence-electron chi connectivity index (χ3n) is 5.78. The Morgan fingerprint density at radius 1 is 1.29 bits per heavy atom. The average molecular weight is 378 g/mol. The monoisotopic (exact) mass is 378 g/mol. The van der Waals surface area contributed by atoms with Gasteiger partial charge in [0.25, 0.3) is 11.8 Å². The maximum Gasteiger partial charge on any atom is 0.289 e. The van der Waals surface area contributed by atoms with Crippen molar-refractivity contribution in [2.45, 2.75) is 37.5 Å². The van der Waals surface area contributed by atoms with Crippen molar-refractivity contribution in [3.63, 3.8) is 0 Å². The lowest BCUT2D eigenvalue weighted by Crippen LogP contribution is -2.49. The first-order valence-electron chi connectivity index (χ1n) is 9.81. The zero-order chi connectivity index (χ0) is 19.0. The maximum atomic E-state index is 12.9. The third kappa shape index (κ3) is 3.21. The van der Waals surface area contributed by atoms with E-state index in [2.05, 4.69) is 10.1 Å². The van der Waals surface area contributed by atoms with Gasteiger partial charge < -0.3 is 13.8 Å². The Balaban J connectivity index is 1.45. The molecule has 0 N–H and O–H groups in total. The largest absolute Gasteiger partial charge is 0.459 e. The minimum absolute atomic E-state index is 0.0687. The summed E-state index contributed by atoms with van der Waals surface area (Å²) in [6.07, 6.45) is 10.3. The van der Waals surface area contributed by atoms with Gasteiger partial charge in [-0.2, -0.15) is 4.98 Å². The van der Waals surface area contributed by atoms with Gasteiger partial charge in [0.15, 0.2) is 11.6 Å². The second-order valence-electron chi connectivity index (χ2n) is 7.90. The number of carbonyl (C=O) groups excluding carboxylic acids is 1. The molecule has 0 spiro atoms. The molecule has 2 fully saturated rings. The van der Waals surface area contributed by atoms with Crippen LogP contribution in [-0.2, 0) is 5.41 Å². The van der Waals surface area contributed by atoms with Gasteiger partial charge in [-0.1, -0.05) is 18.0 Å². The van der Waals surface area contributed by atoms with Crippen molar-refractivity contribution in [2.24, 2.45) is 5.92 Å². The first kappa shape index (κ1) is 17.2. The van der Waals surface area contributed by atoms with Crippen LogP contribution in [0, 0.1) is 5.92 Å². The molecule has 1 aliphatic carbocycles. The van der Waals surface area contributed by atoms with E-state index in [-0.39, 0.29) is 11.3 Å². The van der Waals surface area contributed by atoms with Crippen LogP contribution >= 0.6 is 0 Å². The first-order chi connectivity index (χ1) is 13.7. The van der Waals surface area contributed by atoms with E-state index in [1.54, 1.807) is 24.5 Å². The van der Waals surface area contributed by atoms with Crippen molar-refractivity contribution in [2.75, 3.05) is 13.1 Å². The summed E-state index contributed by atoms with van der Waals surface area (Å²) in [6.45, 7) is 1.31. The number of pyridine rings is 1. The zero-order valence-corrected chi connectivity index (χ0v) is 15.6. The Morgan fingerprint density at radius 2 is 2.21 bits per heavy atom. The van der Waals surface area contributed by atoms with E-state index in [0.29, 0.717) is 29.9 Å². The molecule has 1 unspecified atom stereocenters. The molecule has 144 valence electrons. The number of hydrogen-bond donors (Lipinski definition) is 0. The molecular formula is C21H22N4O3. The topological polar surface area (TPSA) is 85.3 Å². The smallest absolute Gasteiger partial charge is 0.289 e. The van der Waals surface area contributed by atoms with Crippen molar-refractivity contribution in [3.8, 4) is 11.5 Å². The number of rotatable bonds is 5. The Morgan fingerprint density at radius 3 is 2.96 bits per heavy atom. The summed E-state index contributed by atoms with van der Waals surface area (Å²) in [5, 5.41) is 4.35. The lowest BCUT2D eigenvalue weighted by molar-refractivity contribution is 0.0576. The highest BCUT2D eigenvalue weighted by Crippen LogP contribution is 2.46. The quantitative estimate of drug-likeness (QED) is 0.673. The summed E-state index contributed by atoms with van der Waals surface area (Å²) in [7, 11) is 0. The van der Waals surface area contributed by atoms with Crippen LogP contribution in [0.3, 0.4) is 0 Å². The van der Waals surface area contributed by atoms with Crippen LogP contribution in [0.4, 0.5) is 0 Å². The molecule has 1 amide bonds. The predicted octanol–water partition coefficient (Wildman–Crippen LogP) is 3.70. The number of hydrogen-bond acceptors (Lipinski definition) is 6. The maximum absolute atomic E-state index is 12.9. The van der Waals surface area contributed by atoms with Gasteiger partial charge in [0.1, 0.15) is 0 Å². The Bertz CT molecular complexity index is 949. The van der Waals surface area contributed by atoms with Crippen LogP contribution in [0.5, 0.6) is 0 Å². The van der Waals surface area contributed by atoms with E-state index in [1.807, 2.05) is 17.0 Å². The highest BCUT2D eigenvalue weighted by molar-refractivity contribution is 5.91. The zero-order valence-electron chi connectivity index (χ0n) is 15.6. The number of nitrogens with zero attached hydrogens (tertiary/aromatic N) is 4. The van der Waals surface area contributed by atoms with Gasteiger partial charge in [-0.25, -0.2) is 0 Å². The summed E-state index contributed by atoms with van der Waals surface area (Å²) in [6, 6.07) is 7.22. The number of amides is 1. The molecule has 2 aliphatic rings. The Labute approximate surface area is 162 Å². The van der Waals surface area contributed by atoms with Crippen LogP contribution < -0.4 is 0 Å². The number of aromatic nitrogens is 3. The third-order valence-corrected chi connectivity index (χ3v) is 5.78. The van der Waals surface area contributed by atoms with Gasteiger partial charge in [-0.05, 0) is 49.4 Å². The van der Waals surface area contributed by atoms with Crippen LogP contribution in [0.2, 0.25) is 0 Å². The summed E-state index contributed by atoms with van der Waals surface area (Å²) < 4.78 is 10.9. The highest BCUT2D eigenvalue weighted by atomic mass is 16.5. The van der Waals surface area contributed by atoms with Gasteiger partial charge in [-0.3, -0.25) is 9.78 Å². The molecular weight excluding hydrogens is 356 g/mol. The lowest BCUT2D eigenvalue weighted by atomic mass is 9.74. The van der Waals surface area contributed by atoms with E-state index >= 15 is 0 Å². The minimum atomic E-state index is -0.272. The fraction of sp³-hybridized carbons (Fsp3) is 0.429. The minimum Gasteiger partial charge on any atom is -0.459 e. The second kappa shape index (κ2) is 6.89. The SMILES string of the molecule is O=C(c1ccco1)N1CCCC(CC2CC2)(c2noc(-c3cccnc3)n2)C1. The molecule has 0 bridgehead atoms. The van der Waals surface area contributed by atoms with Crippen molar-refractivity contribution >= 4 is 5.91 Å². The van der Waals surface area contributed by atoms with E-state index < -0.39 is 0 Å². The van der Waals surface area contributed by atoms with Crippen LogP contribution in [0.1, 0.15) is 48.5 Å². The molecule has 4 heterocycles. The highest BCUT2D eigenvalue weighted by Gasteiger charge is 2.46. The number of likely N-dealkylation sites (tertiary alicyclic amines) is 1. The molecule has 7 nitrogen and oxygen atoms in total. The van der Waals surface area contributed by atoms with E-state index in [9.17, 15) is 4.79 Å². The molecule has 28 heavy (non-hydrogen) atoms. The van der Waals surface area contributed by atoms with Crippen molar-refractivity contribution in [3.05, 3.63) is 54.5 Å². The van der Waals surface area contributed by atoms with Gasteiger partial charge in [0, 0.05) is 25.5 Å². The van der Waals surface area contributed by atoms with Crippen LogP contribution in [0.15, 0.2) is 51.9 Å². The van der Waals surface area contributed by atoms with Crippen molar-refractivity contribution < 1.29 is 13.7 Å². The van der Waals surface area contributed by atoms with E-state index in [4.69, 9.17) is 13.9 Å². The second-order valence-corrected chi connectivity index (χ2v) is 7.90. The standard InChI is InChI=1S/C21H22N4O3/c26-19(17-5-2-11-27-17)25-10-3-8-21(14-25,12-15-6-7-15)20-23-18(28-24-20)16-4-1-9-22-13-16/h1-2,4-5,9,11,13,15H,3,6-8,10,12,14H2. The molecule has 0 radical (unpaired) electrons. The molecule has 5 rings (SSSR count). The molecule has 3 aromatic rings. The van der Waals surface area contributed by atoms with E-state index in [0.717, 1.165) is 31.4 Å². The molecule has 1 saturated carbocycles. The lowest BCUT2D eigenvalue weighted by Gasteiger charge is -2.40. The molecule has 1 aliphatic heterocycles. The summed E-state index contributed by atoms with van der Waals surface area (Å²) in [5.41, 5.74) is 0.535.